The van der Waals surface area contributed by atoms with Crippen LogP contribution in [0.1, 0.15) is 32.4 Å². The Kier molecular flexibility index (Phi) is 7.38. The number of aromatic nitrogens is 2. The number of carbonyl (C=O) groups is 1. The van der Waals surface area contributed by atoms with Crippen molar-refractivity contribution in [3.8, 4) is 22.9 Å². The molecule has 1 atom stereocenters. The number of pyridine rings is 2. The third-order valence-corrected chi connectivity index (χ3v) is 3.92. The van der Waals surface area contributed by atoms with Crippen LogP contribution in [0.5, 0.6) is 11.6 Å². The third-order valence-electron chi connectivity index (χ3n) is 3.92. The molecule has 0 aliphatic heterocycles. The van der Waals surface area contributed by atoms with Gasteiger partial charge in [-0.1, -0.05) is 13.8 Å². The Morgan fingerprint density at radius 3 is 2.59 bits per heavy atom. The van der Waals surface area contributed by atoms with Crippen LogP contribution in [-0.2, 0) is 0 Å². The minimum Gasteiger partial charge on any atom is -0.489 e. The highest BCUT2D eigenvalue weighted by Crippen LogP contribution is 2.31. The third kappa shape index (κ3) is 6.31. The summed E-state index contributed by atoms with van der Waals surface area (Å²) in [6.45, 7) is 2.64. The van der Waals surface area contributed by atoms with Gasteiger partial charge in [-0.05, 0) is 30.5 Å². The number of alkyl halides is 3. The molecule has 158 valence electrons. The number of nitrogens with zero attached hydrogens (tertiary/aromatic N) is 2. The Bertz CT molecular complexity index is 851. The zero-order chi connectivity index (χ0) is 21.6. The number of ether oxygens (including phenoxy) is 2. The lowest BCUT2D eigenvalue weighted by atomic mass is 9.92. The second-order valence-electron chi connectivity index (χ2n) is 7.07. The van der Waals surface area contributed by atoms with Crippen LogP contribution in [0.25, 0.3) is 11.3 Å². The highest BCUT2D eigenvalue weighted by molar-refractivity contribution is 5.69. The fraction of sp³-hybridized carbons (Fsp3) is 0.421. The highest BCUT2D eigenvalue weighted by atomic mass is 19.3. The molecule has 2 aromatic rings. The first-order valence-corrected chi connectivity index (χ1v) is 8.84. The van der Waals surface area contributed by atoms with Gasteiger partial charge in [0.15, 0.2) is 0 Å². The van der Waals surface area contributed by atoms with E-state index in [9.17, 15) is 18.0 Å². The summed E-state index contributed by atoms with van der Waals surface area (Å²) < 4.78 is 50.5. The summed E-state index contributed by atoms with van der Waals surface area (Å²) in [4.78, 5) is 18.6. The fourth-order valence-electron chi connectivity index (χ4n) is 2.82. The summed E-state index contributed by atoms with van der Waals surface area (Å²) in [6, 6.07) is 5.59. The van der Waals surface area contributed by atoms with Crippen LogP contribution in [-0.4, -0.2) is 34.9 Å². The Morgan fingerprint density at radius 1 is 1.28 bits per heavy atom. The van der Waals surface area contributed by atoms with Crippen molar-refractivity contribution < 1.29 is 27.4 Å². The van der Waals surface area contributed by atoms with Gasteiger partial charge in [-0.15, -0.1) is 0 Å². The minimum absolute atomic E-state index is 0.0970. The smallest absolute Gasteiger partial charge is 0.411 e. The molecule has 1 amide bonds. The summed E-state index contributed by atoms with van der Waals surface area (Å²) >= 11 is 0. The van der Waals surface area contributed by atoms with Crippen LogP contribution in [0.4, 0.5) is 18.0 Å². The molecule has 2 heterocycles. The average Bonchev–Trinajstić information content (AvgIpc) is 2.65. The molecule has 10 heteroatoms. The number of primary amides is 1. The summed E-state index contributed by atoms with van der Waals surface area (Å²) in [5.74, 6) is -0.170. The van der Waals surface area contributed by atoms with Crippen LogP contribution < -0.4 is 20.9 Å². The second-order valence-corrected chi connectivity index (χ2v) is 7.07. The molecule has 0 aliphatic carbocycles. The van der Waals surface area contributed by atoms with Gasteiger partial charge in [0.1, 0.15) is 24.7 Å². The van der Waals surface area contributed by atoms with Gasteiger partial charge in [-0.2, -0.15) is 0 Å². The van der Waals surface area contributed by atoms with Crippen molar-refractivity contribution >= 4 is 6.09 Å². The zero-order valence-electron chi connectivity index (χ0n) is 16.1. The van der Waals surface area contributed by atoms with E-state index in [2.05, 4.69) is 14.7 Å². The highest BCUT2D eigenvalue weighted by Gasteiger charge is 2.29. The van der Waals surface area contributed by atoms with Gasteiger partial charge in [-0.3, -0.25) is 0 Å². The number of rotatable bonds is 9. The number of halogens is 3. The first-order valence-electron chi connectivity index (χ1n) is 8.84. The Labute approximate surface area is 166 Å². The molecule has 2 aromatic heterocycles. The number of hydrogen-bond acceptors (Lipinski definition) is 6. The largest absolute Gasteiger partial charge is 0.489 e. The van der Waals surface area contributed by atoms with Crippen molar-refractivity contribution in [3.63, 3.8) is 0 Å². The van der Waals surface area contributed by atoms with E-state index in [0.717, 1.165) is 0 Å². The molecule has 0 radical (unpaired) electrons. The molecule has 0 fully saturated rings. The molecular formula is C19H23F3N4O3. The first-order chi connectivity index (χ1) is 13.6. The molecule has 0 aromatic carbocycles. The van der Waals surface area contributed by atoms with E-state index in [4.69, 9.17) is 16.2 Å². The van der Waals surface area contributed by atoms with Gasteiger partial charge in [-0.25, -0.2) is 27.9 Å². The number of hydrogen-bond donors (Lipinski definition) is 2. The van der Waals surface area contributed by atoms with E-state index in [1.807, 2.05) is 13.8 Å². The number of nitrogens with two attached hydrogens (primary N) is 2. The standard InChI is InChI=1S/C19H23F3N4O3/c1-11(2)8-19(24,9-20)10-28-14-4-3-13(26-16(14)17(21)22)12-5-6-25-15(7-12)29-18(23)27/h3-7,11,17H,8-10,24H2,1-2H3,(H2,23,27). The molecular weight excluding hydrogens is 389 g/mol. The molecule has 0 saturated carbocycles. The van der Waals surface area contributed by atoms with Gasteiger partial charge >= 0.3 is 6.09 Å². The Hall–Kier alpha value is -2.88. The molecule has 29 heavy (non-hydrogen) atoms. The zero-order valence-corrected chi connectivity index (χ0v) is 16.1. The molecule has 4 N–H and O–H groups in total. The summed E-state index contributed by atoms with van der Waals surface area (Å²) in [6.07, 6.45) is -2.34. The van der Waals surface area contributed by atoms with Crippen molar-refractivity contribution in [2.24, 2.45) is 17.4 Å². The monoisotopic (exact) mass is 412 g/mol. The molecule has 2 rings (SSSR count). The van der Waals surface area contributed by atoms with Gasteiger partial charge in [0, 0.05) is 17.8 Å². The molecule has 0 spiro atoms. The number of carbonyl (C=O) groups excluding carboxylic acids is 1. The van der Waals surface area contributed by atoms with Crippen LogP contribution in [0.2, 0.25) is 0 Å². The quantitative estimate of drug-likeness (QED) is 0.650. The van der Waals surface area contributed by atoms with Crippen LogP contribution >= 0.6 is 0 Å². The Balaban J connectivity index is 2.28. The van der Waals surface area contributed by atoms with Crippen molar-refractivity contribution in [2.45, 2.75) is 32.2 Å². The normalized spacial score (nSPS) is 13.4. The maximum absolute atomic E-state index is 13.5. The van der Waals surface area contributed by atoms with E-state index in [-0.39, 0.29) is 29.8 Å². The summed E-state index contributed by atoms with van der Waals surface area (Å²) in [5.41, 5.74) is 9.59. The van der Waals surface area contributed by atoms with E-state index in [1.165, 1.54) is 30.5 Å². The van der Waals surface area contributed by atoms with Gasteiger partial charge in [0.05, 0.1) is 11.2 Å². The predicted octanol–water partition coefficient (Wildman–Crippen LogP) is 3.63. The van der Waals surface area contributed by atoms with Gasteiger partial charge < -0.3 is 20.9 Å². The van der Waals surface area contributed by atoms with Crippen molar-refractivity contribution in [2.75, 3.05) is 13.3 Å². The molecule has 0 aliphatic rings. The molecule has 0 bridgehead atoms. The Morgan fingerprint density at radius 2 is 2.00 bits per heavy atom. The predicted molar refractivity (Wildman–Crippen MR) is 100 cm³/mol. The van der Waals surface area contributed by atoms with Crippen LogP contribution in [0, 0.1) is 5.92 Å². The van der Waals surface area contributed by atoms with Gasteiger partial charge in [0.25, 0.3) is 6.43 Å². The minimum atomic E-state index is -2.93. The SMILES string of the molecule is CC(C)CC(N)(CF)COc1ccc(-c2ccnc(OC(N)=O)c2)nc1C(F)F. The van der Waals surface area contributed by atoms with Crippen LogP contribution in [0.15, 0.2) is 30.5 Å². The summed E-state index contributed by atoms with van der Waals surface area (Å²) in [5, 5.41) is 0. The average molecular weight is 412 g/mol. The maximum Gasteiger partial charge on any atom is 0.411 e. The van der Waals surface area contributed by atoms with E-state index >= 15 is 0 Å². The first kappa shape index (κ1) is 22.4. The van der Waals surface area contributed by atoms with E-state index in [0.29, 0.717) is 12.0 Å². The van der Waals surface area contributed by atoms with Crippen LogP contribution in [0.3, 0.4) is 0 Å². The fourth-order valence-corrected chi connectivity index (χ4v) is 2.82. The van der Waals surface area contributed by atoms with Gasteiger partial charge in [0.2, 0.25) is 5.88 Å². The molecule has 7 nitrogen and oxygen atoms in total. The molecule has 1 unspecified atom stereocenters. The topological polar surface area (TPSA) is 113 Å². The van der Waals surface area contributed by atoms with Crippen molar-refractivity contribution in [1.29, 1.82) is 0 Å². The second kappa shape index (κ2) is 9.55. The summed E-state index contributed by atoms with van der Waals surface area (Å²) in [7, 11) is 0. The van der Waals surface area contributed by atoms with E-state index < -0.39 is 30.4 Å². The lowest BCUT2D eigenvalue weighted by molar-refractivity contribution is 0.127. The van der Waals surface area contributed by atoms with E-state index in [1.54, 1.807) is 0 Å². The maximum atomic E-state index is 13.5. The lowest BCUT2D eigenvalue weighted by Crippen LogP contribution is -2.49. The number of amides is 1. The molecule has 0 saturated heterocycles. The van der Waals surface area contributed by atoms with Crippen molar-refractivity contribution in [3.05, 3.63) is 36.2 Å². The van der Waals surface area contributed by atoms with Crippen molar-refractivity contribution in [1.82, 2.24) is 9.97 Å². The lowest BCUT2D eigenvalue weighted by Gasteiger charge is -2.28.